The van der Waals surface area contributed by atoms with Crippen LogP contribution in [0.2, 0.25) is 0 Å². The molecule has 0 aromatic heterocycles. The topological polar surface area (TPSA) is 32.5 Å². The van der Waals surface area contributed by atoms with Crippen LogP contribution in [0.15, 0.2) is 0 Å². The minimum absolute atomic E-state index is 0.123. The van der Waals surface area contributed by atoms with E-state index in [1.807, 2.05) is 0 Å². The Labute approximate surface area is 108 Å². The van der Waals surface area contributed by atoms with Gasteiger partial charge in [0, 0.05) is 24.7 Å². The molecule has 2 atom stereocenters. The molecule has 0 aliphatic rings. The van der Waals surface area contributed by atoms with Crippen LogP contribution in [0.25, 0.3) is 0 Å². The van der Waals surface area contributed by atoms with E-state index in [0.29, 0.717) is 12.0 Å². The van der Waals surface area contributed by atoms with E-state index < -0.39 is 0 Å². The second kappa shape index (κ2) is 7.34. The molecule has 2 N–H and O–H groups in total. The Morgan fingerprint density at radius 1 is 1.18 bits per heavy atom. The van der Waals surface area contributed by atoms with Gasteiger partial charge >= 0.3 is 0 Å². The van der Waals surface area contributed by atoms with Crippen molar-refractivity contribution < 1.29 is 0 Å². The molecule has 0 rings (SSSR count). The Hall–Kier alpha value is -0.120. The molecule has 3 nitrogen and oxygen atoms in total. The number of rotatable bonds is 8. The molecular weight excluding hydrogens is 210 g/mol. The highest BCUT2D eigenvalue weighted by Gasteiger charge is 2.33. The molecule has 0 bridgehead atoms. The third-order valence-electron chi connectivity index (χ3n) is 3.48. The lowest BCUT2D eigenvalue weighted by Crippen LogP contribution is -2.57. The van der Waals surface area contributed by atoms with Gasteiger partial charge in [-0.25, -0.2) is 0 Å². The third-order valence-corrected chi connectivity index (χ3v) is 3.48. The first-order chi connectivity index (χ1) is 7.76. The number of likely N-dealkylation sites (N-methyl/N-ethyl adjacent to an activating group) is 2. The molecule has 104 valence electrons. The fourth-order valence-corrected chi connectivity index (χ4v) is 3.05. The fourth-order valence-electron chi connectivity index (χ4n) is 3.05. The van der Waals surface area contributed by atoms with Crippen molar-refractivity contribution in [2.45, 2.75) is 52.6 Å². The van der Waals surface area contributed by atoms with Crippen molar-refractivity contribution in [3.63, 3.8) is 0 Å². The molecule has 0 fully saturated rings. The fraction of sp³-hybridized carbons (Fsp3) is 1.00. The monoisotopic (exact) mass is 243 g/mol. The molecule has 0 heterocycles. The highest BCUT2D eigenvalue weighted by Crippen LogP contribution is 2.25. The Morgan fingerprint density at radius 3 is 2.00 bits per heavy atom. The van der Waals surface area contributed by atoms with Gasteiger partial charge < -0.3 is 10.6 Å². The standard InChI is InChI=1S/C14H33N3/c1-8-17(13(4)10-16(6)7)14(5,11-15)9-12(2)3/h12-13H,8-11,15H2,1-7H3. The zero-order chi connectivity index (χ0) is 13.6. The number of nitrogens with two attached hydrogens (primary N) is 1. The van der Waals surface area contributed by atoms with Gasteiger partial charge in [-0.1, -0.05) is 20.8 Å². The summed E-state index contributed by atoms with van der Waals surface area (Å²) in [4.78, 5) is 4.81. The van der Waals surface area contributed by atoms with Gasteiger partial charge in [-0.15, -0.1) is 0 Å². The Bertz CT molecular complexity index is 204. The van der Waals surface area contributed by atoms with Gasteiger partial charge in [0.2, 0.25) is 0 Å². The van der Waals surface area contributed by atoms with Crippen LogP contribution in [0.1, 0.15) is 41.0 Å². The summed E-state index contributed by atoms with van der Waals surface area (Å²) in [5, 5.41) is 0. The predicted molar refractivity (Wildman–Crippen MR) is 77.3 cm³/mol. The summed E-state index contributed by atoms with van der Waals surface area (Å²) in [7, 11) is 4.26. The maximum absolute atomic E-state index is 6.05. The van der Waals surface area contributed by atoms with Crippen molar-refractivity contribution in [3.05, 3.63) is 0 Å². The lowest BCUT2D eigenvalue weighted by atomic mass is 9.87. The highest BCUT2D eigenvalue weighted by molar-refractivity contribution is 4.91. The second-order valence-corrected chi connectivity index (χ2v) is 6.20. The van der Waals surface area contributed by atoms with E-state index in [0.717, 1.165) is 26.1 Å². The van der Waals surface area contributed by atoms with Gasteiger partial charge in [-0.2, -0.15) is 0 Å². The summed E-state index contributed by atoms with van der Waals surface area (Å²) in [6.45, 7) is 14.3. The Morgan fingerprint density at radius 2 is 1.71 bits per heavy atom. The molecule has 0 spiro atoms. The van der Waals surface area contributed by atoms with Gasteiger partial charge in [0.15, 0.2) is 0 Å². The zero-order valence-electron chi connectivity index (χ0n) is 13.0. The van der Waals surface area contributed by atoms with E-state index in [4.69, 9.17) is 5.73 Å². The number of hydrogen-bond donors (Lipinski definition) is 1. The molecule has 0 saturated heterocycles. The zero-order valence-corrected chi connectivity index (χ0v) is 13.0. The molecule has 0 radical (unpaired) electrons. The summed E-state index contributed by atoms with van der Waals surface area (Å²) in [6.07, 6.45) is 1.16. The summed E-state index contributed by atoms with van der Waals surface area (Å²) in [5.41, 5.74) is 6.17. The third kappa shape index (κ3) is 5.36. The van der Waals surface area contributed by atoms with Crippen molar-refractivity contribution in [2.75, 3.05) is 33.7 Å². The van der Waals surface area contributed by atoms with Gasteiger partial charge in [-0.3, -0.25) is 4.90 Å². The van der Waals surface area contributed by atoms with E-state index in [1.54, 1.807) is 0 Å². The molecular formula is C14H33N3. The number of nitrogens with zero attached hydrogens (tertiary/aromatic N) is 2. The molecule has 0 aromatic rings. The maximum atomic E-state index is 6.05. The van der Waals surface area contributed by atoms with Crippen LogP contribution in [-0.2, 0) is 0 Å². The van der Waals surface area contributed by atoms with Crippen LogP contribution >= 0.6 is 0 Å². The molecule has 0 amide bonds. The molecule has 3 heteroatoms. The second-order valence-electron chi connectivity index (χ2n) is 6.20. The van der Waals surface area contributed by atoms with Crippen LogP contribution in [0.4, 0.5) is 0 Å². The van der Waals surface area contributed by atoms with Gasteiger partial charge in [0.25, 0.3) is 0 Å². The first-order valence-electron chi connectivity index (χ1n) is 6.88. The van der Waals surface area contributed by atoms with E-state index in [9.17, 15) is 0 Å². The van der Waals surface area contributed by atoms with Crippen molar-refractivity contribution in [1.82, 2.24) is 9.80 Å². The average molecular weight is 243 g/mol. The van der Waals surface area contributed by atoms with Crippen LogP contribution in [0.3, 0.4) is 0 Å². The largest absolute Gasteiger partial charge is 0.329 e. The van der Waals surface area contributed by atoms with E-state index >= 15 is 0 Å². The first-order valence-corrected chi connectivity index (χ1v) is 6.88. The quantitative estimate of drug-likeness (QED) is 0.708. The molecule has 0 aliphatic carbocycles. The summed E-state index contributed by atoms with van der Waals surface area (Å²) in [6, 6.07) is 0.544. The van der Waals surface area contributed by atoms with Gasteiger partial charge in [0.1, 0.15) is 0 Å². The molecule has 17 heavy (non-hydrogen) atoms. The van der Waals surface area contributed by atoms with Gasteiger partial charge in [-0.05, 0) is 46.8 Å². The summed E-state index contributed by atoms with van der Waals surface area (Å²) >= 11 is 0. The average Bonchev–Trinajstić information content (AvgIpc) is 2.16. The van der Waals surface area contributed by atoms with Crippen LogP contribution < -0.4 is 5.73 Å². The maximum Gasteiger partial charge on any atom is 0.0309 e. The smallest absolute Gasteiger partial charge is 0.0309 e. The lowest BCUT2D eigenvalue weighted by Gasteiger charge is -2.45. The van der Waals surface area contributed by atoms with E-state index in [-0.39, 0.29) is 5.54 Å². The first kappa shape index (κ1) is 16.9. The lowest BCUT2D eigenvalue weighted by molar-refractivity contribution is 0.0459. The normalized spacial score (nSPS) is 17.8. The van der Waals surface area contributed by atoms with Crippen molar-refractivity contribution in [2.24, 2.45) is 11.7 Å². The van der Waals surface area contributed by atoms with Crippen molar-refractivity contribution in [1.29, 1.82) is 0 Å². The van der Waals surface area contributed by atoms with E-state index in [1.165, 1.54) is 0 Å². The Balaban J connectivity index is 4.78. The Kier molecular flexibility index (Phi) is 7.29. The molecule has 0 aromatic carbocycles. The van der Waals surface area contributed by atoms with E-state index in [2.05, 4.69) is 58.5 Å². The molecule has 2 unspecified atom stereocenters. The van der Waals surface area contributed by atoms with Gasteiger partial charge in [0.05, 0.1) is 0 Å². The van der Waals surface area contributed by atoms with Crippen LogP contribution in [-0.4, -0.2) is 55.1 Å². The predicted octanol–water partition coefficient (Wildman–Crippen LogP) is 2.02. The summed E-state index contributed by atoms with van der Waals surface area (Å²) in [5.74, 6) is 0.684. The van der Waals surface area contributed by atoms with Crippen LogP contribution in [0, 0.1) is 5.92 Å². The number of hydrogen-bond acceptors (Lipinski definition) is 3. The highest BCUT2D eigenvalue weighted by atomic mass is 15.3. The molecule has 0 aliphatic heterocycles. The minimum Gasteiger partial charge on any atom is -0.329 e. The molecule has 0 saturated carbocycles. The van der Waals surface area contributed by atoms with Crippen LogP contribution in [0.5, 0.6) is 0 Å². The minimum atomic E-state index is 0.123. The van der Waals surface area contributed by atoms with Crippen molar-refractivity contribution >= 4 is 0 Å². The SMILES string of the molecule is CCN(C(C)CN(C)C)C(C)(CN)CC(C)C. The van der Waals surface area contributed by atoms with Crippen molar-refractivity contribution in [3.8, 4) is 0 Å². The summed E-state index contributed by atoms with van der Waals surface area (Å²) < 4.78 is 0.